The van der Waals surface area contributed by atoms with Crippen molar-refractivity contribution in [3.63, 3.8) is 0 Å². The summed E-state index contributed by atoms with van der Waals surface area (Å²) in [5.41, 5.74) is 1.79. The zero-order chi connectivity index (χ0) is 11.8. The molecule has 5 radical (unpaired) electrons. The molecule has 17 heavy (non-hydrogen) atoms. The molecule has 1 amide bonds. The summed E-state index contributed by atoms with van der Waals surface area (Å²) < 4.78 is 13.2. The fourth-order valence-electron chi connectivity index (χ4n) is 1.96. The van der Waals surface area contributed by atoms with Crippen LogP contribution in [0.15, 0.2) is 24.3 Å². The molecule has 3 heteroatoms. The zero-order valence-electron chi connectivity index (χ0n) is 8.91. The maximum atomic E-state index is 13.2. The van der Waals surface area contributed by atoms with Crippen LogP contribution in [-0.4, -0.2) is 5.91 Å². The number of allylic oxidation sites excluding steroid dienone is 1. The smallest absolute Gasteiger partial charge is 0.256 e. The summed E-state index contributed by atoms with van der Waals surface area (Å²) >= 11 is 0. The van der Waals surface area contributed by atoms with Crippen LogP contribution >= 0.6 is 0 Å². The van der Waals surface area contributed by atoms with Crippen LogP contribution < -0.4 is 5.32 Å². The molecule has 0 bridgehead atoms. The predicted molar refractivity (Wildman–Crippen MR) is 63.4 cm³/mol. The van der Waals surface area contributed by atoms with Crippen molar-refractivity contribution in [3.05, 3.63) is 67.3 Å². The number of amides is 1. The van der Waals surface area contributed by atoms with Crippen molar-refractivity contribution in [2.75, 3.05) is 5.32 Å². The number of benzene rings is 1. The average molecular weight is 226 g/mol. The number of carbonyl (C=O) groups is 1. The molecule has 1 fully saturated rings. The van der Waals surface area contributed by atoms with Gasteiger partial charge >= 0.3 is 0 Å². The number of hydrogen-bond acceptors (Lipinski definition) is 1. The van der Waals surface area contributed by atoms with Gasteiger partial charge in [0.05, 0.1) is 0 Å². The van der Waals surface area contributed by atoms with Gasteiger partial charge in [-0.2, -0.15) is 0 Å². The van der Waals surface area contributed by atoms with E-state index in [0.29, 0.717) is 16.8 Å². The van der Waals surface area contributed by atoms with E-state index in [1.54, 1.807) is 12.1 Å². The predicted octanol–water partition coefficient (Wildman–Crippen LogP) is 2.57. The van der Waals surface area contributed by atoms with E-state index in [1.807, 2.05) is 25.7 Å². The van der Waals surface area contributed by atoms with Crippen LogP contribution in [0, 0.1) is 37.4 Å². The van der Waals surface area contributed by atoms with Gasteiger partial charge in [-0.15, -0.1) is 0 Å². The van der Waals surface area contributed by atoms with E-state index < -0.39 is 0 Å². The first-order chi connectivity index (χ1) is 8.24. The third kappa shape index (κ3) is 1.86. The quantitative estimate of drug-likeness (QED) is 0.732. The number of fused-ring (bicyclic) bond motifs is 1. The second-order valence-electron chi connectivity index (χ2n) is 3.92. The molecule has 2 nitrogen and oxygen atoms in total. The highest BCUT2D eigenvalue weighted by atomic mass is 19.1. The van der Waals surface area contributed by atoms with E-state index in [4.69, 9.17) is 0 Å². The molecular formula is C14H9FNO. The van der Waals surface area contributed by atoms with Gasteiger partial charge in [-0.3, -0.25) is 4.79 Å². The minimum atomic E-state index is -0.339. The number of rotatable bonds is 1. The van der Waals surface area contributed by atoms with Gasteiger partial charge in [0.25, 0.3) is 5.91 Å². The number of halogens is 1. The van der Waals surface area contributed by atoms with E-state index in [9.17, 15) is 9.18 Å². The van der Waals surface area contributed by atoms with Gasteiger partial charge < -0.3 is 5.32 Å². The Hall–Kier alpha value is -1.64. The minimum absolute atomic E-state index is 0.188. The van der Waals surface area contributed by atoms with Crippen LogP contribution in [0.25, 0.3) is 5.57 Å². The van der Waals surface area contributed by atoms with Crippen LogP contribution in [0.4, 0.5) is 10.1 Å². The van der Waals surface area contributed by atoms with E-state index in [2.05, 4.69) is 5.32 Å². The third-order valence-corrected chi connectivity index (χ3v) is 2.76. The fraction of sp³-hybridized carbons (Fsp3) is 0. The van der Waals surface area contributed by atoms with E-state index >= 15 is 0 Å². The molecule has 1 aliphatic heterocycles. The van der Waals surface area contributed by atoms with Gasteiger partial charge in [-0.05, 0) is 43.9 Å². The lowest BCUT2D eigenvalue weighted by molar-refractivity contribution is -0.110. The second-order valence-corrected chi connectivity index (χ2v) is 3.92. The van der Waals surface area contributed by atoms with Crippen LogP contribution in [0.1, 0.15) is 5.56 Å². The van der Waals surface area contributed by atoms with Gasteiger partial charge in [0, 0.05) is 22.7 Å². The van der Waals surface area contributed by atoms with Crippen molar-refractivity contribution in [2.24, 2.45) is 0 Å². The molecule has 2 aliphatic rings. The maximum Gasteiger partial charge on any atom is 0.256 e. The summed E-state index contributed by atoms with van der Waals surface area (Å²) in [6.45, 7) is 0. The van der Waals surface area contributed by atoms with Gasteiger partial charge in [0.1, 0.15) is 5.82 Å². The van der Waals surface area contributed by atoms with Gasteiger partial charge in [0.2, 0.25) is 0 Å². The summed E-state index contributed by atoms with van der Waals surface area (Å²) in [7, 11) is 0. The largest absolute Gasteiger partial charge is 0.321 e. The van der Waals surface area contributed by atoms with E-state index in [1.165, 1.54) is 12.1 Å². The topological polar surface area (TPSA) is 29.1 Å². The number of anilines is 1. The molecular weight excluding hydrogens is 217 g/mol. The first-order valence-electron chi connectivity index (χ1n) is 5.29. The van der Waals surface area contributed by atoms with E-state index in [-0.39, 0.29) is 11.7 Å². The maximum absolute atomic E-state index is 13.2. The monoisotopic (exact) mass is 226 g/mol. The average Bonchev–Trinajstić information content (AvgIpc) is 2.90. The summed E-state index contributed by atoms with van der Waals surface area (Å²) in [6.07, 6.45) is 9.35. The van der Waals surface area contributed by atoms with Crippen LogP contribution in [0.2, 0.25) is 0 Å². The Morgan fingerprint density at radius 2 is 1.94 bits per heavy atom. The highest BCUT2D eigenvalue weighted by Crippen LogP contribution is 2.35. The lowest BCUT2D eigenvalue weighted by Crippen LogP contribution is -2.04. The van der Waals surface area contributed by atoms with Gasteiger partial charge in [-0.1, -0.05) is 6.08 Å². The molecule has 83 valence electrons. The lowest BCUT2D eigenvalue weighted by Gasteiger charge is -2.02. The molecule has 0 unspecified atom stereocenters. The molecule has 1 aromatic carbocycles. The number of nitrogens with one attached hydrogen (secondary N) is 1. The first-order valence-corrected chi connectivity index (χ1v) is 5.29. The van der Waals surface area contributed by atoms with Crippen molar-refractivity contribution in [2.45, 2.75) is 0 Å². The van der Waals surface area contributed by atoms with Crippen molar-refractivity contribution in [1.82, 2.24) is 0 Å². The summed E-state index contributed by atoms with van der Waals surface area (Å²) in [4.78, 5) is 11.8. The number of carbonyl (C=O) groups excluding carboxylic acids is 1. The SMILES string of the molecule is O=C1Nc2ccc(F)cc2/C1=C\[C]1[CH][CH][CH][CH]1. The molecule has 0 atom stereocenters. The Kier molecular flexibility index (Phi) is 2.46. The van der Waals surface area contributed by atoms with Crippen molar-refractivity contribution in [3.8, 4) is 0 Å². The standard InChI is InChI=1S/C14H9FNO/c15-10-5-6-13-11(8-10)12(14(17)16-13)7-9-3-1-2-4-9/h1-8H,(H,16,17)/b12-7+. The first kappa shape index (κ1) is 10.5. The van der Waals surface area contributed by atoms with Gasteiger partial charge in [-0.25, -0.2) is 4.39 Å². The molecule has 0 aromatic heterocycles. The Balaban J connectivity index is 2.00. The molecule has 1 aliphatic carbocycles. The Morgan fingerprint density at radius 3 is 2.71 bits per heavy atom. The Bertz CT molecular complexity index is 501. The van der Waals surface area contributed by atoms with Crippen molar-refractivity contribution >= 4 is 17.2 Å². The van der Waals surface area contributed by atoms with Crippen molar-refractivity contribution in [1.29, 1.82) is 0 Å². The van der Waals surface area contributed by atoms with Gasteiger partial charge in [0.15, 0.2) is 0 Å². The summed E-state index contributed by atoms with van der Waals surface area (Å²) in [6, 6.07) is 4.29. The molecule has 0 saturated heterocycles. The lowest BCUT2D eigenvalue weighted by atomic mass is 10.00. The molecule has 3 rings (SSSR count). The zero-order valence-corrected chi connectivity index (χ0v) is 8.91. The highest BCUT2D eigenvalue weighted by molar-refractivity contribution is 6.31. The summed E-state index contributed by atoms with van der Waals surface area (Å²) in [5.74, 6) is 0.410. The fourth-order valence-corrected chi connectivity index (χ4v) is 1.96. The van der Waals surface area contributed by atoms with Crippen LogP contribution in [0.3, 0.4) is 0 Å². The highest BCUT2D eigenvalue weighted by Gasteiger charge is 2.26. The summed E-state index contributed by atoms with van der Waals surface area (Å²) in [5, 5.41) is 2.71. The Labute approximate surface area is 99.5 Å². The molecule has 1 N–H and O–H groups in total. The van der Waals surface area contributed by atoms with E-state index in [0.717, 1.165) is 5.92 Å². The van der Waals surface area contributed by atoms with Crippen molar-refractivity contribution < 1.29 is 9.18 Å². The third-order valence-electron chi connectivity index (χ3n) is 2.76. The van der Waals surface area contributed by atoms with Crippen LogP contribution in [0.5, 0.6) is 0 Å². The molecule has 1 saturated carbocycles. The molecule has 0 spiro atoms. The Morgan fingerprint density at radius 1 is 1.18 bits per heavy atom. The minimum Gasteiger partial charge on any atom is -0.321 e. The number of hydrogen-bond donors (Lipinski definition) is 1. The molecule has 1 heterocycles. The van der Waals surface area contributed by atoms with Crippen LogP contribution in [-0.2, 0) is 4.79 Å². The molecule has 1 aromatic rings. The normalized spacial score (nSPS) is 21.9. The second kappa shape index (κ2) is 3.99.